The number of hydrogen-bond acceptors (Lipinski definition) is 4. The van der Waals surface area contributed by atoms with E-state index in [1.807, 2.05) is 37.3 Å². The van der Waals surface area contributed by atoms with Gasteiger partial charge in [-0.1, -0.05) is 42.5 Å². The number of nitrogens with one attached hydrogen (secondary N) is 1. The first-order valence-electron chi connectivity index (χ1n) is 11.6. The van der Waals surface area contributed by atoms with E-state index in [-0.39, 0.29) is 23.4 Å². The number of ether oxygens (including phenoxy) is 1. The summed E-state index contributed by atoms with van der Waals surface area (Å²) in [7, 11) is 0. The predicted molar refractivity (Wildman–Crippen MR) is 139 cm³/mol. The predicted octanol–water partition coefficient (Wildman–Crippen LogP) is 7.58. The number of aromatic nitrogens is 1. The molecule has 1 amide bonds. The molecule has 2 heterocycles. The van der Waals surface area contributed by atoms with E-state index in [1.165, 1.54) is 34.1 Å². The molecule has 4 aromatic rings. The van der Waals surface area contributed by atoms with Crippen LogP contribution in [-0.4, -0.2) is 23.1 Å². The number of carbonyl (C=O) groups excluding carboxylic acids is 2. The third kappa shape index (κ3) is 5.04. The fourth-order valence-electron chi connectivity index (χ4n) is 4.43. The number of nitrogens with zero attached hydrogens (tertiary/aromatic N) is 1. The summed E-state index contributed by atoms with van der Waals surface area (Å²) >= 11 is 1.24. The molecular weight excluding hydrogens is 501 g/mol. The molecule has 2 aromatic carbocycles. The van der Waals surface area contributed by atoms with Crippen molar-refractivity contribution >= 4 is 28.2 Å². The second-order valence-electron chi connectivity index (χ2n) is 8.41. The highest BCUT2D eigenvalue weighted by atomic mass is 32.1. The second-order valence-corrected chi connectivity index (χ2v) is 9.64. The molecule has 0 bridgehead atoms. The van der Waals surface area contributed by atoms with Gasteiger partial charge in [-0.15, -0.1) is 11.3 Å². The summed E-state index contributed by atoms with van der Waals surface area (Å²) in [6, 6.07) is 16.1. The molecule has 0 aliphatic carbocycles. The van der Waals surface area contributed by atoms with Crippen LogP contribution >= 0.6 is 11.3 Å². The third-order valence-electron chi connectivity index (χ3n) is 5.98. The molecule has 0 saturated heterocycles. The van der Waals surface area contributed by atoms with Crippen LogP contribution in [0.2, 0.25) is 0 Å². The maximum Gasteiger partial charge on any atom is 0.418 e. The zero-order chi connectivity index (χ0) is 26.9. The van der Waals surface area contributed by atoms with Crippen molar-refractivity contribution in [1.29, 1.82) is 0 Å². The number of anilines is 1. The average molecular weight is 527 g/mol. The highest BCUT2D eigenvalue weighted by molar-refractivity contribution is 7.17. The number of thiophene rings is 1. The Morgan fingerprint density at radius 3 is 2.30 bits per heavy atom. The van der Waals surface area contributed by atoms with Crippen LogP contribution in [0.1, 0.15) is 49.5 Å². The Labute approximate surface area is 216 Å². The van der Waals surface area contributed by atoms with Gasteiger partial charge in [0.15, 0.2) is 0 Å². The zero-order valence-corrected chi connectivity index (χ0v) is 21.5. The number of carbonyl (C=O) groups is 2. The number of hydrogen-bond donors (Lipinski definition) is 1. The molecule has 5 nitrogen and oxygen atoms in total. The fourth-order valence-corrected chi connectivity index (χ4v) is 5.48. The maximum atomic E-state index is 13.7. The van der Waals surface area contributed by atoms with Crippen molar-refractivity contribution in [1.82, 2.24) is 4.57 Å². The number of esters is 1. The Hall–Kier alpha value is -3.85. The topological polar surface area (TPSA) is 60.3 Å². The molecule has 0 saturated carbocycles. The van der Waals surface area contributed by atoms with Gasteiger partial charge in [-0.25, -0.2) is 4.79 Å². The highest BCUT2D eigenvalue weighted by Gasteiger charge is 2.34. The van der Waals surface area contributed by atoms with Crippen molar-refractivity contribution in [2.24, 2.45) is 0 Å². The van der Waals surface area contributed by atoms with Gasteiger partial charge in [0.05, 0.1) is 23.4 Å². The van der Waals surface area contributed by atoms with Crippen molar-refractivity contribution < 1.29 is 27.5 Å². The Morgan fingerprint density at radius 1 is 1.00 bits per heavy atom. The lowest BCUT2D eigenvalue weighted by Crippen LogP contribution is -2.16. The zero-order valence-electron chi connectivity index (χ0n) is 20.7. The number of para-hydroxylation sites is 1. The van der Waals surface area contributed by atoms with Crippen LogP contribution < -0.4 is 5.32 Å². The number of aryl methyl sites for hydroxylation is 2. The first-order chi connectivity index (χ1) is 17.5. The van der Waals surface area contributed by atoms with Crippen molar-refractivity contribution in [2.75, 3.05) is 11.9 Å². The van der Waals surface area contributed by atoms with Crippen LogP contribution in [0.15, 0.2) is 60.7 Å². The SMILES string of the molecule is CCOC(=O)c1c(NC(=O)c2cc(C)n(-c3ccccc3C(F)(F)F)c2C)sc(C)c1-c1ccccc1. The van der Waals surface area contributed by atoms with Gasteiger partial charge < -0.3 is 14.6 Å². The molecule has 0 aliphatic heterocycles. The van der Waals surface area contributed by atoms with Gasteiger partial charge in [0, 0.05) is 21.8 Å². The second kappa shape index (κ2) is 10.3. The van der Waals surface area contributed by atoms with Gasteiger partial charge in [0.25, 0.3) is 5.91 Å². The molecule has 0 atom stereocenters. The van der Waals surface area contributed by atoms with E-state index < -0.39 is 23.6 Å². The van der Waals surface area contributed by atoms with Crippen LogP contribution in [-0.2, 0) is 10.9 Å². The quantitative estimate of drug-likeness (QED) is 0.264. The molecule has 37 heavy (non-hydrogen) atoms. The van der Waals surface area contributed by atoms with Gasteiger partial charge in [0.1, 0.15) is 10.6 Å². The third-order valence-corrected chi connectivity index (χ3v) is 7.00. The largest absolute Gasteiger partial charge is 0.462 e. The van der Waals surface area contributed by atoms with E-state index >= 15 is 0 Å². The minimum atomic E-state index is -4.56. The smallest absolute Gasteiger partial charge is 0.418 e. The summed E-state index contributed by atoms with van der Waals surface area (Å²) in [5, 5.41) is 3.14. The van der Waals surface area contributed by atoms with Crippen LogP contribution in [0.3, 0.4) is 0 Å². The molecular formula is C28H25F3N2O3S. The van der Waals surface area contributed by atoms with Crippen molar-refractivity contribution in [2.45, 2.75) is 33.9 Å². The maximum absolute atomic E-state index is 13.7. The summed E-state index contributed by atoms with van der Waals surface area (Å²) in [6.07, 6.45) is -4.56. The van der Waals surface area contributed by atoms with E-state index in [0.717, 1.165) is 16.5 Å². The van der Waals surface area contributed by atoms with Crippen molar-refractivity contribution in [3.05, 3.63) is 93.6 Å². The molecule has 2 aromatic heterocycles. The number of alkyl halides is 3. The lowest BCUT2D eigenvalue weighted by Gasteiger charge is -2.16. The van der Waals surface area contributed by atoms with Gasteiger partial charge >= 0.3 is 12.1 Å². The summed E-state index contributed by atoms with van der Waals surface area (Å²) < 4.78 is 47.7. The van der Waals surface area contributed by atoms with Gasteiger partial charge in [-0.05, 0) is 51.5 Å². The minimum absolute atomic E-state index is 0.0606. The first-order valence-corrected chi connectivity index (χ1v) is 12.4. The first kappa shape index (κ1) is 26.2. The van der Waals surface area contributed by atoms with Gasteiger partial charge in [-0.2, -0.15) is 13.2 Å². The molecule has 0 radical (unpaired) electrons. The van der Waals surface area contributed by atoms with E-state index in [1.54, 1.807) is 26.8 Å². The summed E-state index contributed by atoms with van der Waals surface area (Å²) in [6.45, 7) is 6.95. The molecule has 192 valence electrons. The van der Waals surface area contributed by atoms with Crippen molar-refractivity contribution in [3.8, 4) is 16.8 Å². The van der Waals surface area contributed by atoms with E-state index in [0.29, 0.717) is 22.0 Å². The fraction of sp³-hybridized carbons (Fsp3) is 0.214. The Kier molecular flexibility index (Phi) is 7.27. The van der Waals surface area contributed by atoms with Crippen LogP contribution in [0.4, 0.5) is 18.2 Å². The van der Waals surface area contributed by atoms with Gasteiger partial charge in [-0.3, -0.25) is 4.79 Å². The lowest BCUT2D eigenvalue weighted by molar-refractivity contribution is -0.137. The van der Waals surface area contributed by atoms with Gasteiger partial charge in [0.2, 0.25) is 0 Å². The summed E-state index contributed by atoms with van der Waals surface area (Å²) in [5.41, 5.74) is 1.89. The summed E-state index contributed by atoms with van der Waals surface area (Å²) in [4.78, 5) is 27.2. The Morgan fingerprint density at radius 2 is 1.65 bits per heavy atom. The molecule has 1 N–H and O–H groups in total. The number of benzene rings is 2. The Balaban J connectivity index is 1.77. The van der Waals surface area contributed by atoms with E-state index in [4.69, 9.17) is 4.74 Å². The van der Waals surface area contributed by atoms with Crippen LogP contribution in [0.5, 0.6) is 0 Å². The molecule has 0 unspecified atom stereocenters. The lowest BCUT2D eigenvalue weighted by atomic mass is 10.0. The molecule has 0 aliphatic rings. The Bertz CT molecular complexity index is 1470. The van der Waals surface area contributed by atoms with E-state index in [9.17, 15) is 22.8 Å². The number of halogens is 3. The van der Waals surface area contributed by atoms with Crippen molar-refractivity contribution in [3.63, 3.8) is 0 Å². The van der Waals surface area contributed by atoms with Crippen LogP contribution in [0, 0.1) is 20.8 Å². The molecule has 0 spiro atoms. The molecule has 0 fully saturated rings. The standard InChI is InChI=1S/C28H25F3N2O3S/c1-5-36-27(35)24-23(19-11-7-6-8-12-19)18(4)37-26(24)32-25(34)20-15-16(2)33(17(20)3)22-14-10-9-13-21(22)28(29,30)31/h6-15H,5H2,1-4H3,(H,32,34). The van der Waals surface area contributed by atoms with Crippen LogP contribution in [0.25, 0.3) is 16.8 Å². The highest BCUT2D eigenvalue weighted by Crippen LogP contribution is 2.41. The number of rotatable bonds is 6. The monoisotopic (exact) mass is 526 g/mol. The molecule has 9 heteroatoms. The number of amides is 1. The summed E-state index contributed by atoms with van der Waals surface area (Å²) in [5.74, 6) is -1.10. The van der Waals surface area contributed by atoms with E-state index in [2.05, 4.69) is 5.32 Å². The normalized spacial score (nSPS) is 11.4. The molecule has 4 rings (SSSR count). The average Bonchev–Trinajstić information content (AvgIpc) is 3.34. The minimum Gasteiger partial charge on any atom is -0.462 e.